The lowest BCUT2D eigenvalue weighted by Crippen LogP contribution is -2.39. The first-order chi connectivity index (χ1) is 9.24. The predicted octanol–water partition coefficient (Wildman–Crippen LogP) is 3.58. The highest BCUT2D eigenvalue weighted by atomic mass is 79.9. The average molecular weight is 324 g/mol. The van der Waals surface area contributed by atoms with Gasteiger partial charge in [0.2, 0.25) is 0 Å². The van der Waals surface area contributed by atoms with Crippen molar-refractivity contribution in [1.29, 1.82) is 0 Å². The molecule has 3 nitrogen and oxygen atoms in total. The third kappa shape index (κ3) is 5.23. The van der Waals surface area contributed by atoms with Gasteiger partial charge in [-0.05, 0) is 30.5 Å². The van der Waals surface area contributed by atoms with Gasteiger partial charge in [0.05, 0.1) is 6.54 Å². The molecular weight excluding hydrogens is 302 g/mol. The second-order valence-corrected chi connectivity index (χ2v) is 6.08. The maximum Gasteiger partial charge on any atom is 0.189 e. The highest BCUT2D eigenvalue weighted by molar-refractivity contribution is 9.10. The van der Waals surface area contributed by atoms with Gasteiger partial charge in [-0.1, -0.05) is 53.7 Å². The summed E-state index contributed by atoms with van der Waals surface area (Å²) < 4.78 is 1.08. The van der Waals surface area contributed by atoms with Crippen LogP contribution in [0.15, 0.2) is 33.7 Å². The van der Waals surface area contributed by atoms with Crippen LogP contribution in [-0.4, -0.2) is 12.0 Å². The number of benzene rings is 1. The van der Waals surface area contributed by atoms with E-state index in [0.29, 0.717) is 18.5 Å². The molecule has 0 saturated heterocycles. The lowest BCUT2D eigenvalue weighted by molar-refractivity contribution is 0.530. The summed E-state index contributed by atoms with van der Waals surface area (Å²) in [5.41, 5.74) is 7.14. The minimum atomic E-state index is 0.508. The Balaban J connectivity index is 1.84. The molecule has 1 fully saturated rings. The first kappa shape index (κ1) is 14.4. The van der Waals surface area contributed by atoms with E-state index in [1.54, 1.807) is 0 Å². The van der Waals surface area contributed by atoms with Crippen molar-refractivity contribution in [3.05, 3.63) is 34.3 Å². The van der Waals surface area contributed by atoms with Crippen LogP contribution in [0.25, 0.3) is 0 Å². The van der Waals surface area contributed by atoms with E-state index in [-0.39, 0.29) is 0 Å². The van der Waals surface area contributed by atoms with Gasteiger partial charge in [-0.2, -0.15) is 0 Å². The number of hydrogen-bond acceptors (Lipinski definition) is 1. The summed E-state index contributed by atoms with van der Waals surface area (Å²) in [5.74, 6) is 0.576. The zero-order chi connectivity index (χ0) is 13.5. The Labute approximate surface area is 123 Å². The largest absolute Gasteiger partial charge is 0.370 e. The van der Waals surface area contributed by atoms with E-state index >= 15 is 0 Å². The molecular formula is C15H22BrN3. The molecule has 1 aromatic rings. The maximum atomic E-state index is 5.97. The van der Waals surface area contributed by atoms with Gasteiger partial charge in [-0.15, -0.1) is 0 Å². The molecule has 0 spiro atoms. The van der Waals surface area contributed by atoms with E-state index in [1.807, 2.05) is 12.1 Å². The molecule has 19 heavy (non-hydrogen) atoms. The van der Waals surface area contributed by atoms with Gasteiger partial charge in [-0.25, -0.2) is 4.99 Å². The van der Waals surface area contributed by atoms with Crippen LogP contribution in [-0.2, 0) is 6.54 Å². The summed E-state index contributed by atoms with van der Waals surface area (Å²) in [4.78, 5) is 4.42. The van der Waals surface area contributed by atoms with Crippen molar-refractivity contribution in [2.24, 2.45) is 10.7 Å². The van der Waals surface area contributed by atoms with Gasteiger partial charge < -0.3 is 11.1 Å². The highest BCUT2D eigenvalue weighted by Gasteiger charge is 2.12. The molecule has 0 atom stereocenters. The zero-order valence-corrected chi connectivity index (χ0v) is 12.8. The van der Waals surface area contributed by atoms with Crippen LogP contribution in [0.5, 0.6) is 0 Å². The van der Waals surface area contributed by atoms with Crippen LogP contribution in [0.4, 0.5) is 0 Å². The van der Waals surface area contributed by atoms with Crippen LogP contribution in [0.1, 0.15) is 44.1 Å². The fraction of sp³-hybridized carbons (Fsp3) is 0.533. The van der Waals surface area contributed by atoms with Crippen LogP contribution in [0.2, 0.25) is 0 Å². The SMILES string of the molecule is NC(=NCc1cccc(Br)c1)NC1CCCCCC1. The summed E-state index contributed by atoms with van der Waals surface area (Å²) in [7, 11) is 0. The van der Waals surface area contributed by atoms with Crippen LogP contribution in [0.3, 0.4) is 0 Å². The molecule has 0 aliphatic heterocycles. The number of rotatable bonds is 3. The molecule has 1 saturated carbocycles. The standard InChI is InChI=1S/C15H22BrN3/c16-13-7-5-6-12(10-13)11-18-15(17)19-14-8-3-1-2-4-9-14/h5-7,10,14H,1-4,8-9,11H2,(H3,17,18,19). The third-order valence-corrected chi connectivity index (χ3v) is 4.02. The number of nitrogens with zero attached hydrogens (tertiary/aromatic N) is 1. The van der Waals surface area contributed by atoms with E-state index in [4.69, 9.17) is 5.73 Å². The summed E-state index contributed by atoms with van der Waals surface area (Å²) in [6.07, 6.45) is 7.74. The monoisotopic (exact) mass is 323 g/mol. The molecule has 0 amide bonds. The van der Waals surface area contributed by atoms with Gasteiger partial charge in [0.25, 0.3) is 0 Å². The smallest absolute Gasteiger partial charge is 0.189 e. The molecule has 104 valence electrons. The summed E-state index contributed by atoms with van der Waals surface area (Å²) >= 11 is 3.46. The summed E-state index contributed by atoms with van der Waals surface area (Å²) in [6, 6.07) is 8.67. The lowest BCUT2D eigenvalue weighted by atomic mass is 10.1. The quantitative estimate of drug-likeness (QED) is 0.507. The summed E-state index contributed by atoms with van der Waals surface area (Å²) in [6.45, 7) is 0.630. The van der Waals surface area contributed by atoms with Gasteiger partial charge in [0, 0.05) is 10.5 Å². The number of nitrogens with one attached hydrogen (secondary N) is 1. The Morgan fingerprint density at radius 1 is 1.26 bits per heavy atom. The fourth-order valence-electron chi connectivity index (χ4n) is 2.49. The molecule has 0 radical (unpaired) electrons. The summed E-state index contributed by atoms with van der Waals surface area (Å²) in [5, 5.41) is 3.36. The van der Waals surface area contributed by atoms with Crippen molar-refractivity contribution in [2.75, 3.05) is 0 Å². The average Bonchev–Trinajstić information content (AvgIpc) is 2.65. The first-order valence-corrected chi connectivity index (χ1v) is 7.84. The van der Waals surface area contributed by atoms with E-state index in [9.17, 15) is 0 Å². The topological polar surface area (TPSA) is 50.4 Å². The molecule has 0 bridgehead atoms. The lowest BCUT2D eigenvalue weighted by Gasteiger charge is -2.16. The van der Waals surface area contributed by atoms with Gasteiger partial charge in [0.15, 0.2) is 5.96 Å². The van der Waals surface area contributed by atoms with Crippen LogP contribution >= 0.6 is 15.9 Å². The second-order valence-electron chi connectivity index (χ2n) is 5.16. The molecule has 3 N–H and O–H groups in total. The van der Waals surface area contributed by atoms with Crippen LogP contribution < -0.4 is 11.1 Å². The Bertz CT molecular complexity index is 423. The van der Waals surface area contributed by atoms with Crippen molar-refractivity contribution in [1.82, 2.24) is 5.32 Å². The molecule has 1 aromatic carbocycles. The van der Waals surface area contributed by atoms with Gasteiger partial charge in [0.1, 0.15) is 0 Å². The first-order valence-electron chi connectivity index (χ1n) is 7.05. The van der Waals surface area contributed by atoms with Gasteiger partial charge >= 0.3 is 0 Å². The van der Waals surface area contributed by atoms with Crippen molar-refractivity contribution >= 4 is 21.9 Å². The number of hydrogen-bond donors (Lipinski definition) is 2. The van der Waals surface area contributed by atoms with E-state index in [2.05, 4.69) is 38.4 Å². The number of guanidine groups is 1. The van der Waals surface area contributed by atoms with E-state index in [0.717, 1.165) is 4.47 Å². The molecule has 0 heterocycles. The van der Waals surface area contributed by atoms with Crippen molar-refractivity contribution in [3.8, 4) is 0 Å². The Kier molecular flexibility index (Phi) is 5.70. The Morgan fingerprint density at radius 2 is 2.00 bits per heavy atom. The number of nitrogens with two attached hydrogens (primary N) is 1. The Morgan fingerprint density at radius 3 is 2.68 bits per heavy atom. The maximum absolute atomic E-state index is 5.97. The van der Waals surface area contributed by atoms with Crippen LogP contribution in [0, 0.1) is 0 Å². The highest BCUT2D eigenvalue weighted by Crippen LogP contribution is 2.17. The molecule has 0 aromatic heterocycles. The second kappa shape index (κ2) is 7.53. The zero-order valence-electron chi connectivity index (χ0n) is 11.2. The molecule has 0 unspecified atom stereocenters. The minimum Gasteiger partial charge on any atom is -0.370 e. The van der Waals surface area contributed by atoms with E-state index in [1.165, 1.54) is 44.1 Å². The van der Waals surface area contributed by atoms with E-state index < -0.39 is 0 Å². The molecule has 1 aliphatic carbocycles. The normalized spacial score (nSPS) is 18.1. The molecule has 2 rings (SSSR count). The predicted molar refractivity (Wildman–Crippen MR) is 84.1 cm³/mol. The van der Waals surface area contributed by atoms with Gasteiger partial charge in [-0.3, -0.25) is 0 Å². The van der Waals surface area contributed by atoms with Crippen molar-refractivity contribution in [3.63, 3.8) is 0 Å². The minimum absolute atomic E-state index is 0.508. The fourth-order valence-corrected chi connectivity index (χ4v) is 2.94. The number of aliphatic imine (C=N–C) groups is 1. The van der Waals surface area contributed by atoms with Crippen molar-refractivity contribution in [2.45, 2.75) is 51.1 Å². The molecule has 1 aliphatic rings. The van der Waals surface area contributed by atoms with Crippen molar-refractivity contribution < 1.29 is 0 Å². The number of halogens is 1. The molecule has 4 heteroatoms. The third-order valence-electron chi connectivity index (χ3n) is 3.53. The Hall–Kier alpha value is -1.03.